The van der Waals surface area contributed by atoms with Gasteiger partial charge in [0.2, 0.25) is 5.91 Å². The van der Waals surface area contributed by atoms with E-state index in [2.05, 4.69) is 41.4 Å². The maximum Gasteiger partial charge on any atom is 0.254 e. The lowest BCUT2D eigenvalue weighted by Crippen LogP contribution is -2.46. The molecule has 0 aromatic heterocycles. The number of fused-ring (bicyclic) bond motifs is 1. The fourth-order valence-corrected chi connectivity index (χ4v) is 4.99. The number of benzene rings is 3. The third-order valence-electron chi connectivity index (χ3n) is 6.97. The van der Waals surface area contributed by atoms with Crippen LogP contribution < -0.4 is 10.1 Å². The van der Waals surface area contributed by atoms with Gasteiger partial charge in [-0.3, -0.25) is 14.5 Å². The number of nitrogens with one attached hydrogen (secondary N) is 1. The summed E-state index contributed by atoms with van der Waals surface area (Å²) in [7, 11) is 3.40. The lowest BCUT2D eigenvalue weighted by atomic mass is 9.79. The first-order valence-electron chi connectivity index (χ1n) is 12.6. The molecule has 2 atom stereocenters. The molecule has 3 aromatic carbocycles. The predicted octanol–water partition coefficient (Wildman–Crippen LogP) is 4.63. The van der Waals surface area contributed by atoms with Crippen LogP contribution in [0.3, 0.4) is 0 Å². The van der Waals surface area contributed by atoms with Gasteiger partial charge in [0.05, 0.1) is 19.1 Å². The largest absolute Gasteiger partial charge is 0.497 e. The van der Waals surface area contributed by atoms with Crippen molar-refractivity contribution < 1.29 is 14.3 Å². The van der Waals surface area contributed by atoms with Crippen LogP contribution in [0, 0.1) is 0 Å². The Hall–Kier alpha value is -3.64. The average molecular weight is 486 g/mol. The third-order valence-corrected chi connectivity index (χ3v) is 6.97. The van der Waals surface area contributed by atoms with Gasteiger partial charge in [0.15, 0.2) is 0 Å². The molecular weight excluding hydrogens is 450 g/mol. The molecule has 0 radical (unpaired) electrons. The SMILES string of the molecule is CCN(CCCNC(=O)[C@@H]1c2ccccc2C(=O)N(C)[C@H]1c1ccc(OC)cc1)Cc1ccccc1. The highest BCUT2D eigenvalue weighted by molar-refractivity contribution is 6.01. The Labute approximate surface area is 213 Å². The summed E-state index contributed by atoms with van der Waals surface area (Å²) in [5, 5.41) is 3.17. The van der Waals surface area contributed by atoms with E-state index in [1.54, 1.807) is 25.1 Å². The fraction of sp³-hybridized carbons (Fsp3) is 0.333. The standard InChI is InChI=1S/C30H35N3O3/c1-4-33(21-22-11-6-5-7-12-22)20-10-19-31-29(34)27-25-13-8-9-14-26(25)30(35)32(2)28(27)23-15-17-24(36-3)18-16-23/h5-9,11-18,27-28H,4,10,19-21H2,1-3H3,(H,31,34)/t27-,28+/m1/s1. The Bertz CT molecular complexity index is 1160. The molecule has 0 saturated heterocycles. The smallest absolute Gasteiger partial charge is 0.254 e. The minimum absolute atomic E-state index is 0.0614. The van der Waals surface area contributed by atoms with Gasteiger partial charge in [-0.25, -0.2) is 0 Å². The highest BCUT2D eigenvalue weighted by Crippen LogP contribution is 2.42. The number of hydrogen-bond acceptors (Lipinski definition) is 4. The van der Waals surface area contributed by atoms with Crippen molar-refractivity contribution >= 4 is 11.8 Å². The van der Waals surface area contributed by atoms with Crippen LogP contribution >= 0.6 is 0 Å². The zero-order valence-electron chi connectivity index (χ0n) is 21.3. The summed E-state index contributed by atoms with van der Waals surface area (Å²) in [6.07, 6.45) is 0.850. The van der Waals surface area contributed by atoms with E-state index in [-0.39, 0.29) is 11.8 Å². The van der Waals surface area contributed by atoms with E-state index in [4.69, 9.17) is 4.74 Å². The molecular formula is C30H35N3O3. The van der Waals surface area contributed by atoms with E-state index in [0.717, 1.165) is 42.9 Å². The topological polar surface area (TPSA) is 61.9 Å². The van der Waals surface area contributed by atoms with Crippen LogP contribution in [-0.4, -0.2) is 55.4 Å². The lowest BCUT2D eigenvalue weighted by Gasteiger charge is -2.39. The quantitative estimate of drug-likeness (QED) is 0.425. The Morgan fingerprint density at radius 3 is 2.39 bits per heavy atom. The number of likely N-dealkylation sites (N-methyl/N-ethyl adjacent to an activating group) is 1. The van der Waals surface area contributed by atoms with Gasteiger partial charge in [-0.2, -0.15) is 0 Å². The number of hydrogen-bond donors (Lipinski definition) is 1. The molecule has 36 heavy (non-hydrogen) atoms. The first-order valence-corrected chi connectivity index (χ1v) is 12.6. The Morgan fingerprint density at radius 2 is 1.69 bits per heavy atom. The van der Waals surface area contributed by atoms with Crippen molar-refractivity contribution in [1.29, 1.82) is 0 Å². The summed E-state index contributed by atoms with van der Waals surface area (Å²) in [5.41, 5.74) is 3.56. The van der Waals surface area contributed by atoms with Crippen LogP contribution in [0.1, 0.15) is 52.4 Å². The van der Waals surface area contributed by atoms with Gasteiger partial charge in [-0.05, 0) is 47.9 Å². The molecule has 0 fully saturated rings. The van der Waals surface area contributed by atoms with Gasteiger partial charge < -0.3 is 15.0 Å². The van der Waals surface area contributed by atoms with Crippen LogP contribution in [0.4, 0.5) is 0 Å². The van der Waals surface area contributed by atoms with Crippen LogP contribution in [0.2, 0.25) is 0 Å². The second kappa shape index (κ2) is 11.9. The molecule has 188 valence electrons. The monoisotopic (exact) mass is 485 g/mol. The first kappa shape index (κ1) is 25.5. The molecule has 6 nitrogen and oxygen atoms in total. The van der Waals surface area contributed by atoms with Crippen LogP contribution in [0.25, 0.3) is 0 Å². The average Bonchev–Trinajstić information content (AvgIpc) is 2.92. The molecule has 0 bridgehead atoms. The molecule has 1 heterocycles. The van der Waals surface area contributed by atoms with Crippen molar-refractivity contribution in [3.8, 4) is 5.75 Å². The maximum absolute atomic E-state index is 13.6. The molecule has 4 rings (SSSR count). The maximum atomic E-state index is 13.6. The van der Waals surface area contributed by atoms with Gasteiger partial charge >= 0.3 is 0 Å². The van der Waals surface area contributed by atoms with Crippen LogP contribution in [0.5, 0.6) is 5.75 Å². The van der Waals surface area contributed by atoms with E-state index < -0.39 is 12.0 Å². The molecule has 0 saturated carbocycles. The van der Waals surface area contributed by atoms with Crippen molar-refractivity contribution in [2.45, 2.75) is 31.8 Å². The number of nitrogens with zero attached hydrogens (tertiary/aromatic N) is 2. The second-order valence-corrected chi connectivity index (χ2v) is 9.20. The van der Waals surface area contributed by atoms with Crippen LogP contribution in [0.15, 0.2) is 78.9 Å². The summed E-state index contributed by atoms with van der Waals surface area (Å²) in [5.74, 6) is 0.105. The Balaban J connectivity index is 1.48. The third kappa shape index (κ3) is 5.60. The number of methoxy groups -OCH3 is 1. The zero-order chi connectivity index (χ0) is 25.5. The Kier molecular flexibility index (Phi) is 8.39. The predicted molar refractivity (Wildman–Crippen MR) is 142 cm³/mol. The molecule has 1 aliphatic heterocycles. The number of amides is 2. The summed E-state index contributed by atoms with van der Waals surface area (Å²) in [4.78, 5) is 30.9. The minimum atomic E-state index is -0.496. The van der Waals surface area contributed by atoms with E-state index in [1.165, 1.54) is 5.56 Å². The normalized spacial score (nSPS) is 17.1. The van der Waals surface area contributed by atoms with Gasteiger partial charge in [0.1, 0.15) is 5.75 Å². The summed E-state index contributed by atoms with van der Waals surface area (Å²) < 4.78 is 5.30. The van der Waals surface area contributed by atoms with E-state index in [1.807, 2.05) is 48.5 Å². The lowest BCUT2D eigenvalue weighted by molar-refractivity contribution is -0.124. The summed E-state index contributed by atoms with van der Waals surface area (Å²) in [6, 6.07) is 25.1. The molecule has 3 aromatic rings. The summed E-state index contributed by atoms with van der Waals surface area (Å²) >= 11 is 0. The molecule has 1 aliphatic rings. The van der Waals surface area contributed by atoms with Crippen molar-refractivity contribution in [1.82, 2.24) is 15.1 Å². The minimum Gasteiger partial charge on any atom is -0.497 e. The molecule has 2 amide bonds. The van der Waals surface area contributed by atoms with Crippen LogP contribution in [-0.2, 0) is 11.3 Å². The Morgan fingerprint density at radius 1 is 1.00 bits per heavy atom. The van der Waals surface area contributed by atoms with Crippen molar-refractivity contribution in [3.63, 3.8) is 0 Å². The second-order valence-electron chi connectivity index (χ2n) is 9.20. The number of carbonyl (C=O) groups is 2. The first-order chi connectivity index (χ1) is 17.5. The molecule has 6 heteroatoms. The van der Waals surface area contributed by atoms with E-state index in [9.17, 15) is 9.59 Å². The molecule has 1 N–H and O–H groups in total. The van der Waals surface area contributed by atoms with E-state index >= 15 is 0 Å². The number of ether oxygens (including phenoxy) is 1. The zero-order valence-corrected chi connectivity index (χ0v) is 21.3. The molecule has 0 spiro atoms. The fourth-order valence-electron chi connectivity index (χ4n) is 4.99. The van der Waals surface area contributed by atoms with Gasteiger partial charge in [0.25, 0.3) is 5.91 Å². The van der Waals surface area contributed by atoms with Gasteiger partial charge in [-0.1, -0.05) is 67.6 Å². The van der Waals surface area contributed by atoms with Gasteiger partial charge in [0, 0.05) is 32.2 Å². The van der Waals surface area contributed by atoms with Gasteiger partial charge in [-0.15, -0.1) is 0 Å². The van der Waals surface area contributed by atoms with E-state index in [0.29, 0.717) is 12.1 Å². The summed E-state index contributed by atoms with van der Waals surface area (Å²) in [6.45, 7) is 5.48. The van der Waals surface area contributed by atoms with Crippen molar-refractivity contribution in [2.75, 3.05) is 33.8 Å². The highest BCUT2D eigenvalue weighted by atomic mass is 16.5. The number of carbonyl (C=O) groups excluding carboxylic acids is 2. The van der Waals surface area contributed by atoms with Crippen molar-refractivity contribution in [2.24, 2.45) is 0 Å². The molecule has 0 unspecified atom stereocenters. The number of rotatable bonds is 10. The molecule has 0 aliphatic carbocycles. The highest BCUT2D eigenvalue weighted by Gasteiger charge is 2.42. The van der Waals surface area contributed by atoms with Crippen molar-refractivity contribution in [3.05, 3.63) is 101 Å².